The predicted octanol–water partition coefficient (Wildman–Crippen LogP) is 7.22. The van der Waals surface area contributed by atoms with E-state index < -0.39 is 5.60 Å². The first-order valence-electron chi connectivity index (χ1n) is 11.5. The second-order valence-corrected chi connectivity index (χ2v) is 11.2. The predicted molar refractivity (Wildman–Crippen MR) is 134 cm³/mol. The number of aromatic amines is 1. The van der Waals surface area contributed by atoms with E-state index >= 15 is 0 Å². The molecule has 168 valence electrons. The SMILES string of the molecule is CC(C)(C)OC(=O)N1[C@@H]2C[C@@H]2C[C@H]1c1nc2ccc(-c3ccc4cc(Br)ccc4c3)cc2[nH]1. The molecule has 0 unspecified atom stereocenters. The van der Waals surface area contributed by atoms with Gasteiger partial charge in [0.05, 0.1) is 17.1 Å². The third-order valence-corrected chi connectivity index (χ3v) is 7.15. The summed E-state index contributed by atoms with van der Waals surface area (Å²) in [5.41, 5.74) is 3.71. The van der Waals surface area contributed by atoms with Crippen LogP contribution in [0.3, 0.4) is 0 Å². The average Bonchev–Trinajstić information content (AvgIpc) is 3.22. The van der Waals surface area contributed by atoms with Crippen LogP contribution in [0.15, 0.2) is 59.1 Å². The summed E-state index contributed by atoms with van der Waals surface area (Å²) in [4.78, 5) is 23.2. The summed E-state index contributed by atoms with van der Waals surface area (Å²) in [6, 6.07) is 19.4. The van der Waals surface area contributed by atoms with E-state index in [4.69, 9.17) is 9.72 Å². The van der Waals surface area contributed by atoms with Gasteiger partial charge in [-0.05, 0) is 91.8 Å². The van der Waals surface area contributed by atoms with E-state index in [-0.39, 0.29) is 18.2 Å². The fourth-order valence-electron chi connectivity index (χ4n) is 5.04. The van der Waals surface area contributed by atoms with Crippen LogP contribution in [0.25, 0.3) is 32.9 Å². The van der Waals surface area contributed by atoms with Gasteiger partial charge in [-0.2, -0.15) is 0 Å². The Morgan fingerprint density at radius 3 is 2.58 bits per heavy atom. The van der Waals surface area contributed by atoms with Crippen LogP contribution in [-0.4, -0.2) is 32.6 Å². The summed E-state index contributed by atoms with van der Waals surface area (Å²) in [6.07, 6.45) is 1.77. The Morgan fingerprint density at radius 2 is 1.76 bits per heavy atom. The topological polar surface area (TPSA) is 58.2 Å². The number of rotatable bonds is 2. The van der Waals surface area contributed by atoms with E-state index in [2.05, 4.69) is 75.5 Å². The molecule has 3 aromatic carbocycles. The largest absolute Gasteiger partial charge is 0.444 e. The standard InChI is InChI=1S/C27H26BrN3O2/c1-27(2,3)33-26(32)31-23-13-19(23)14-24(31)25-29-21-9-7-18(12-22(21)30-25)15-4-5-17-11-20(28)8-6-16(17)10-15/h4-12,19,23-24H,13-14H2,1-3H3,(H,29,30)/t19-,23-,24+/m1/s1. The first-order valence-corrected chi connectivity index (χ1v) is 12.3. The van der Waals surface area contributed by atoms with Gasteiger partial charge in [-0.15, -0.1) is 0 Å². The smallest absolute Gasteiger partial charge is 0.411 e. The van der Waals surface area contributed by atoms with Crippen LogP contribution in [0.4, 0.5) is 4.79 Å². The van der Waals surface area contributed by atoms with Gasteiger partial charge in [0.2, 0.25) is 0 Å². The molecule has 2 aliphatic rings. The highest BCUT2D eigenvalue weighted by molar-refractivity contribution is 9.10. The number of fused-ring (bicyclic) bond motifs is 3. The summed E-state index contributed by atoms with van der Waals surface area (Å²) in [6.45, 7) is 5.73. The van der Waals surface area contributed by atoms with Crippen LogP contribution < -0.4 is 0 Å². The number of amides is 1. The molecule has 1 aromatic heterocycles. The first-order chi connectivity index (χ1) is 15.7. The molecule has 1 saturated carbocycles. The van der Waals surface area contributed by atoms with E-state index in [1.807, 2.05) is 25.7 Å². The van der Waals surface area contributed by atoms with Gasteiger partial charge in [0.15, 0.2) is 0 Å². The second-order valence-electron chi connectivity index (χ2n) is 10.3. The minimum atomic E-state index is -0.507. The zero-order chi connectivity index (χ0) is 22.9. The van der Waals surface area contributed by atoms with Crippen LogP contribution in [0, 0.1) is 5.92 Å². The van der Waals surface area contributed by atoms with Crippen molar-refractivity contribution in [3.8, 4) is 11.1 Å². The molecule has 1 aliphatic heterocycles. The fraction of sp³-hybridized carbons (Fsp3) is 0.333. The number of hydrogen-bond acceptors (Lipinski definition) is 3. The second kappa shape index (κ2) is 7.32. The number of hydrogen-bond donors (Lipinski definition) is 1. The maximum Gasteiger partial charge on any atom is 0.411 e. The van der Waals surface area contributed by atoms with Crippen molar-refractivity contribution in [3.63, 3.8) is 0 Å². The summed E-state index contributed by atoms with van der Waals surface area (Å²) in [5.74, 6) is 1.41. The Balaban J connectivity index is 1.32. The van der Waals surface area contributed by atoms with Gasteiger partial charge < -0.3 is 9.72 Å². The summed E-state index contributed by atoms with van der Waals surface area (Å²) in [7, 11) is 0. The Labute approximate surface area is 201 Å². The van der Waals surface area contributed by atoms with Gasteiger partial charge in [0.25, 0.3) is 0 Å². The molecule has 6 rings (SSSR count). The van der Waals surface area contributed by atoms with E-state index in [1.54, 1.807) is 0 Å². The van der Waals surface area contributed by atoms with Crippen molar-refractivity contribution < 1.29 is 9.53 Å². The highest BCUT2D eigenvalue weighted by Gasteiger charge is 2.56. The number of carbonyl (C=O) groups is 1. The fourth-order valence-corrected chi connectivity index (χ4v) is 5.42. The molecule has 1 N–H and O–H groups in total. The van der Waals surface area contributed by atoms with Crippen LogP contribution in [0.2, 0.25) is 0 Å². The van der Waals surface area contributed by atoms with Crippen molar-refractivity contribution >= 4 is 43.8 Å². The quantitative estimate of drug-likeness (QED) is 0.314. The molecule has 4 aromatic rings. The Morgan fingerprint density at radius 1 is 1.03 bits per heavy atom. The maximum absolute atomic E-state index is 12.9. The van der Waals surface area contributed by atoms with Gasteiger partial charge in [-0.3, -0.25) is 4.90 Å². The number of carbonyl (C=O) groups excluding carboxylic acids is 1. The number of benzene rings is 3. The lowest BCUT2D eigenvalue weighted by Gasteiger charge is -2.29. The summed E-state index contributed by atoms with van der Waals surface area (Å²) < 4.78 is 6.79. The highest BCUT2D eigenvalue weighted by atomic mass is 79.9. The molecular formula is C27H26BrN3O2. The summed E-state index contributed by atoms with van der Waals surface area (Å²) in [5, 5.41) is 2.42. The molecule has 2 fully saturated rings. The molecular weight excluding hydrogens is 478 g/mol. The molecule has 1 amide bonds. The van der Waals surface area contributed by atoms with E-state index in [1.165, 1.54) is 16.3 Å². The molecule has 0 bridgehead atoms. The van der Waals surface area contributed by atoms with Crippen molar-refractivity contribution in [3.05, 3.63) is 64.9 Å². The van der Waals surface area contributed by atoms with Gasteiger partial charge in [0, 0.05) is 10.5 Å². The molecule has 2 heterocycles. The van der Waals surface area contributed by atoms with Crippen molar-refractivity contribution in [1.82, 2.24) is 14.9 Å². The molecule has 0 radical (unpaired) electrons. The van der Waals surface area contributed by atoms with E-state index in [0.29, 0.717) is 5.92 Å². The molecule has 1 saturated heterocycles. The maximum atomic E-state index is 12.9. The lowest BCUT2D eigenvalue weighted by Crippen LogP contribution is -2.38. The molecule has 3 atom stereocenters. The number of likely N-dealkylation sites (tertiary alicyclic amines) is 1. The van der Waals surface area contributed by atoms with Crippen LogP contribution in [-0.2, 0) is 4.74 Å². The van der Waals surface area contributed by atoms with Crippen molar-refractivity contribution in [2.24, 2.45) is 5.92 Å². The highest BCUT2D eigenvalue weighted by Crippen LogP contribution is 2.53. The van der Waals surface area contributed by atoms with Crippen molar-refractivity contribution in [2.45, 2.75) is 51.3 Å². The number of H-pyrrole nitrogens is 1. The number of aromatic nitrogens is 2. The normalized spacial score (nSPS) is 22.1. The Hall–Kier alpha value is -2.86. The third kappa shape index (κ3) is 3.80. The number of nitrogens with zero attached hydrogens (tertiary/aromatic N) is 2. The Bertz CT molecular complexity index is 1400. The van der Waals surface area contributed by atoms with Crippen molar-refractivity contribution in [2.75, 3.05) is 0 Å². The zero-order valence-electron chi connectivity index (χ0n) is 18.9. The molecule has 0 spiro atoms. The summed E-state index contributed by atoms with van der Waals surface area (Å²) >= 11 is 3.54. The van der Waals surface area contributed by atoms with Gasteiger partial charge in [0.1, 0.15) is 11.4 Å². The molecule has 6 heteroatoms. The number of piperidine rings is 1. The van der Waals surface area contributed by atoms with E-state index in [0.717, 1.165) is 39.7 Å². The van der Waals surface area contributed by atoms with Crippen LogP contribution in [0.5, 0.6) is 0 Å². The Kier molecular flexibility index (Phi) is 4.60. The van der Waals surface area contributed by atoms with E-state index in [9.17, 15) is 4.79 Å². The average molecular weight is 504 g/mol. The number of nitrogens with one attached hydrogen (secondary N) is 1. The molecule has 33 heavy (non-hydrogen) atoms. The van der Waals surface area contributed by atoms with Gasteiger partial charge in [-0.1, -0.05) is 40.2 Å². The van der Waals surface area contributed by atoms with Gasteiger partial charge in [-0.25, -0.2) is 9.78 Å². The van der Waals surface area contributed by atoms with Crippen molar-refractivity contribution in [1.29, 1.82) is 0 Å². The zero-order valence-corrected chi connectivity index (χ0v) is 20.5. The number of imidazole rings is 1. The number of ether oxygens (including phenoxy) is 1. The number of halogens is 1. The van der Waals surface area contributed by atoms with Crippen LogP contribution in [0.1, 0.15) is 45.5 Å². The molecule has 1 aliphatic carbocycles. The third-order valence-electron chi connectivity index (χ3n) is 6.66. The monoisotopic (exact) mass is 503 g/mol. The lowest BCUT2D eigenvalue weighted by molar-refractivity contribution is 0.0175. The van der Waals surface area contributed by atoms with Gasteiger partial charge >= 0.3 is 6.09 Å². The first kappa shape index (κ1) is 20.7. The minimum Gasteiger partial charge on any atom is -0.444 e. The molecule has 5 nitrogen and oxygen atoms in total. The lowest BCUT2D eigenvalue weighted by atomic mass is 10.0. The van der Waals surface area contributed by atoms with Crippen LogP contribution >= 0.6 is 15.9 Å². The minimum absolute atomic E-state index is 0.0569.